The van der Waals surface area contributed by atoms with Crippen LogP contribution in [0.4, 0.5) is 19.0 Å². The van der Waals surface area contributed by atoms with E-state index in [4.69, 9.17) is 0 Å². The predicted octanol–water partition coefficient (Wildman–Crippen LogP) is 1.34. The maximum atomic E-state index is 12.1. The van der Waals surface area contributed by atoms with E-state index in [1.807, 2.05) is 0 Å². The van der Waals surface area contributed by atoms with Gasteiger partial charge in [-0.25, -0.2) is 0 Å². The minimum absolute atomic E-state index is 0.140. The first-order chi connectivity index (χ1) is 7.81. The molecule has 5 nitrogen and oxygen atoms in total. The molecule has 8 heteroatoms. The normalized spacial score (nSPS) is 11.4. The number of methoxy groups -OCH3 is 1. The highest BCUT2D eigenvalue weighted by Gasteiger charge is 2.29. The molecule has 1 aromatic rings. The van der Waals surface area contributed by atoms with E-state index in [2.05, 4.69) is 15.2 Å². The molecule has 1 heterocycles. The third kappa shape index (κ3) is 4.33. The molecule has 0 amide bonds. The fourth-order valence-electron chi connectivity index (χ4n) is 1.16. The number of anilines is 1. The first kappa shape index (κ1) is 13.3. The average molecular weight is 251 g/mol. The lowest BCUT2D eigenvalue weighted by Gasteiger charge is -2.07. The molecule has 1 aromatic heterocycles. The summed E-state index contributed by atoms with van der Waals surface area (Å²) in [7, 11) is 1.22. The first-order valence-corrected chi connectivity index (χ1v) is 4.73. The number of ether oxygens (including phenoxy) is 1. The van der Waals surface area contributed by atoms with E-state index in [1.54, 1.807) is 0 Å². The van der Waals surface area contributed by atoms with Crippen LogP contribution in [0.3, 0.4) is 0 Å². The second-order valence-corrected chi connectivity index (χ2v) is 3.37. The van der Waals surface area contributed by atoms with Gasteiger partial charge in [0.25, 0.3) is 0 Å². The number of aromatic nitrogens is 2. The number of aryl methyl sites for hydroxylation is 1. The van der Waals surface area contributed by atoms with Crippen molar-refractivity contribution in [1.82, 2.24) is 9.78 Å². The van der Waals surface area contributed by atoms with Crippen molar-refractivity contribution < 1.29 is 22.7 Å². The number of rotatable bonds is 4. The molecule has 0 spiro atoms. The minimum Gasteiger partial charge on any atom is -0.468 e. The summed E-state index contributed by atoms with van der Waals surface area (Å²) in [4.78, 5) is 10.8. The van der Waals surface area contributed by atoms with Crippen LogP contribution < -0.4 is 5.32 Å². The van der Waals surface area contributed by atoms with Crippen LogP contribution >= 0.6 is 0 Å². The van der Waals surface area contributed by atoms with E-state index in [1.165, 1.54) is 20.1 Å². The summed E-state index contributed by atoms with van der Waals surface area (Å²) in [5.41, 5.74) is 0.356. The number of alkyl halides is 3. The van der Waals surface area contributed by atoms with Gasteiger partial charge < -0.3 is 10.1 Å². The molecule has 1 rings (SSSR count). The molecule has 0 aliphatic heterocycles. The van der Waals surface area contributed by atoms with E-state index >= 15 is 0 Å². The second-order valence-electron chi connectivity index (χ2n) is 3.37. The van der Waals surface area contributed by atoms with Crippen molar-refractivity contribution >= 4 is 11.8 Å². The molecular weight excluding hydrogens is 239 g/mol. The fourth-order valence-corrected chi connectivity index (χ4v) is 1.16. The molecule has 0 unspecified atom stereocenters. The number of carbonyl (C=O) groups is 1. The van der Waals surface area contributed by atoms with Crippen molar-refractivity contribution in [3.8, 4) is 0 Å². The van der Waals surface area contributed by atoms with Gasteiger partial charge in [-0.1, -0.05) is 0 Å². The van der Waals surface area contributed by atoms with Gasteiger partial charge in [-0.3, -0.25) is 9.48 Å². The first-order valence-electron chi connectivity index (χ1n) is 4.73. The number of hydrogen-bond donors (Lipinski definition) is 1. The number of carbonyl (C=O) groups excluding carboxylic acids is 1. The van der Waals surface area contributed by atoms with Crippen LogP contribution in [0.2, 0.25) is 0 Å². The SMILES string of the molecule is COC(=O)CNc1cc(C)n(CC(F)(F)F)n1. The Labute approximate surface area is 95.5 Å². The third-order valence-electron chi connectivity index (χ3n) is 1.95. The van der Waals surface area contributed by atoms with Gasteiger partial charge in [0.05, 0.1) is 7.11 Å². The second kappa shape index (κ2) is 5.07. The van der Waals surface area contributed by atoms with E-state index in [9.17, 15) is 18.0 Å². The maximum Gasteiger partial charge on any atom is 0.408 e. The van der Waals surface area contributed by atoms with Crippen molar-refractivity contribution in [2.45, 2.75) is 19.6 Å². The van der Waals surface area contributed by atoms with Crippen LogP contribution in [-0.2, 0) is 16.1 Å². The topological polar surface area (TPSA) is 56.1 Å². The molecule has 0 aliphatic rings. The lowest BCUT2D eigenvalue weighted by molar-refractivity contribution is -0.143. The molecule has 0 saturated carbocycles. The molecule has 17 heavy (non-hydrogen) atoms. The Morgan fingerprint density at radius 1 is 1.59 bits per heavy atom. The van der Waals surface area contributed by atoms with Gasteiger partial charge in [0.1, 0.15) is 18.9 Å². The number of nitrogens with one attached hydrogen (secondary N) is 1. The number of halogens is 3. The van der Waals surface area contributed by atoms with Crippen LogP contribution in [-0.4, -0.2) is 35.6 Å². The Balaban J connectivity index is 2.65. The molecule has 0 aromatic carbocycles. The smallest absolute Gasteiger partial charge is 0.408 e. The average Bonchev–Trinajstić information content (AvgIpc) is 2.53. The summed E-state index contributed by atoms with van der Waals surface area (Å²) in [6, 6.07) is 1.43. The highest BCUT2D eigenvalue weighted by atomic mass is 19.4. The standard InChI is InChI=1S/C9H12F3N3O2/c1-6-3-7(13-4-8(16)17-2)14-15(6)5-9(10,11)12/h3H,4-5H2,1-2H3,(H,13,14). The Morgan fingerprint density at radius 2 is 2.24 bits per heavy atom. The highest BCUT2D eigenvalue weighted by molar-refractivity contribution is 5.74. The van der Waals surface area contributed by atoms with Crippen LogP contribution in [0.15, 0.2) is 6.07 Å². The molecule has 0 aliphatic carbocycles. The Morgan fingerprint density at radius 3 is 2.76 bits per heavy atom. The zero-order chi connectivity index (χ0) is 13.1. The van der Waals surface area contributed by atoms with Gasteiger partial charge >= 0.3 is 12.1 Å². The molecular formula is C9H12F3N3O2. The third-order valence-corrected chi connectivity index (χ3v) is 1.95. The van der Waals surface area contributed by atoms with Crippen molar-refractivity contribution in [2.75, 3.05) is 19.0 Å². The quantitative estimate of drug-likeness (QED) is 0.820. The number of esters is 1. The zero-order valence-electron chi connectivity index (χ0n) is 9.34. The Bertz CT molecular complexity index is 401. The van der Waals surface area contributed by atoms with Gasteiger partial charge in [-0.15, -0.1) is 0 Å². The van der Waals surface area contributed by atoms with Crippen molar-refractivity contribution in [2.24, 2.45) is 0 Å². The molecule has 1 N–H and O–H groups in total. The van der Waals surface area contributed by atoms with Crippen LogP contribution in [0, 0.1) is 6.92 Å². The lowest BCUT2D eigenvalue weighted by atomic mass is 10.4. The summed E-state index contributed by atoms with van der Waals surface area (Å²) in [5.74, 6) is -0.315. The summed E-state index contributed by atoms with van der Waals surface area (Å²) in [6.07, 6.45) is -4.32. The molecule has 0 bridgehead atoms. The minimum atomic E-state index is -4.32. The summed E-state index contributed by atoms with van der Waals surface area (Å²) >= 11 is 0. The van der Waals surface area contributed by atoms with Crippen LogP contribution in [0.5, 0.6) is 0 Å². The van der Waals surface area contributed by atoms with E-state index in [0.29, 0.717) is 5.69 Å². The largest absolute Gasteiger partial charge is 0.468 e. The zero-order valence-corrected chi connectivity index (χ0v) is 9.34. The molecule has 0 saturated heterocycles. The monoisotopic (exact) mass is 251 g/mol. The summed E-state index contributed by atoms with van der Waals surface area (Å²) in [6.45, 7) is 0.208. The van der Waals surface area contributed by atoms with Gasteiger partial charge in [0, 0.05) is 11.8 Å². The van der Waals surface area contributed by atoms with Gasteiger partial charge in [-0.2, -0.15) is 18.3 Å². The lowest BCUT2D eigenvalue weighted by Crippen LogP contribution is -2.20. The summed E-state index contributed by atoms with van der Waals surface area (Å²) in [5, 5.41) is 6.25. The van der Waals surface area contributed by atoms with Gasteiger partial charge in [0.15, 0.2) is 0 Å². The molecule has 0 atom stereocenters. The predicted molar refractivity (Wildman–Crippen MR) is 53.5 cm³/mol. The van der Waals surface area contributed by atoms with Crippen molar-refractivity contribution in [3.63, 3.8) is 0 Å². The highest BCUT2D eigenvalue weighted by Crippen LogP contribution is 2.19. The van der Waals surface area contributed by atoms with Crippen LogP contribution in [0.1, 0.15) is 5.69 Å². The van der Waals surface area contributed by atoms with E-state index in [0.717, 1.165) is 4.68 Å². The van der Waals surface area contributed by atoms with Crippen LogP contribution in [0.25, 0.3) is 0 Å². The molecule has 0 fully saturated rings. The fraction of sp³-hybridized carbons (Fsp3) is 0.556. The molecule has 96 valence electrons. The van der Waals surface area contributed by atoms with Crippen molar-refractivity contribution in [1.29, 1.82) is 0 Å². The van der Waals surface area contributed by atoms with Crippen molar-refractivity contribution in [3.05, 3.63) is 11.8 Å². The Hall–Kier alpha value is -1.73. The van der Waals surface area contributed by atoms with E-state index in [-0.39, 0.29) is 12.4 Å². The number of hydrogen-bond acceptors (Lipinski definition) is 4. The maximum absolute atomic E-state index is 12.1. The summed E-state index contributed by atoms with van der Waals surface area (Å²) < 4.78 is 41.6. The number of nitrogens with zero attached hydrogens (tertiary/aromatic N) is 2. The Kier molecular flexibility index (Phi) is 3.97. The van der Waals surface area contributed by atoms with Gasteiger partial charge in [0.2, 0.25) is 0 Å². The molecule has 0 radical (unpaired) electrons. The van der Waals surface area contributed by atoms with E-state index < -0.39 is 18.7 Å². The van der Waals surface area contributed by atoms with Gasteiger partial charge in [-0.05, 0) is 6.92 Å².